The van der Waals surface area contributed by atoms with E-state index in [1.54, 1.807) is 55.1 Å². The molecule has 2 aromatic carbocycles. The molecule has 4 rings (SSSR count). The van der Waals surface area contributed by atoms with E-state index in [1.807, 2.05) is 0 Å². The second-order valence-corrected chi connectivity index (χ2v) is 7.34. The summed E-state index contributed by atoms with van der Waals surface area (Å²) in [6.07, 6.45) is 1.46. The lowest BCUT2D eigenvalue weighted by atomic mass is 10.2. The van der Waals surface area contributed by atoms with Crippen LogP contribution in [0.5, 0.6) is 17.4 Å². The number of carbonyl (C=O) groups excluding carboxylic acids is 1. The lowest BCUT2D eigenvalue weighted by Crippen LogP contribution is -2.26. The van der Waals surface area contributed by atoms with Gasteiger partial charge >= 0.3 is 12.6 Å². The summed E-state index contributed by atoms with van der Waals surface area (Å²) in [5.74, 6) is -0.659. The van der Waals surface area contributed by atoms with Crippen LogP contribution in [0.15, 0.2) is 66.9 Å². The van der Waals surface area contributed by atoms with E-state index in [0.717, 1.165) is 5.39 Å². The number of anilines is 1. The van der Waals surface area contributed by atoms with Gasteiger partial charge in [0, 0.05) is 37.2 Å². The van der Waals surface area contributed by atoms with Crippen LogP contribution >= 0.6 is 0 Å². The molecule has 1 N–H and O–H groups in total. The second kappa shape index (κ2) is 9.18. The van der Waals surface area contributed by atoms with Crippen molar-refractivity contribution in [2.24, 2.45) is 7.05 Å². The molecule has 0 spiro atoms. The van der Waals surface area contributed by atoms with Crippen molar-refractivity contribution in [1.29, 1.82) is 0 Å². The monoisotopic (exact) mass is 467 g/mol. The van der Waals surface area contributed by atoms with Crippen LogP contribution in [0.4, 0.5) is 14.5 Å². The zero-order valence-corrected chi connectivity index (χ0v) is 18.1. The van der Waals surface area contributed by atoms with Crippen LogP contribution in [0.1, 0.15) is 20.8 Å². The lowest BCUT2D eigenvalue weighted by Gasteiger charge is -2.17. The number of aromatic nitrogens is 2. The van der Waals surface area contributed by atoms with Gasteiger partial charge in [-0.2, -0.15) is 8.78 Å². The highest BCUT2D eigenvalue weighted by Crippen LogP contribution is 2.28. The standard InChI is InChI=1S/C24H19F2N3O5/c1-28(22(30)14-3-7-17(8-4-14)34-24(25)26)16-6-10-21(27-13-16)33-18-9-5-15-11-20(23(31)32)29(2)19(15)12-18/h3-13,24H,1-2H3,(H,31,32). The van der Waals surface area contributed by atoms with Gasteiger partial charge in [0.25, 0.3) is 5.91 Å². The summed E-state index contributed by atoms with van der Waals surface area (Å²) in [6, 6.07) is 15.4. The average Bonchev–Trinajstić information content (AvgIpc) is 3.15. The van der Waals surface area contributed by atoms with Gasteiger partial charge in [0.2, 0.25) is 5.88 Å². The topological polar surface area (TPSA) is 93.9 Å². The van der Waals surface area contributed by atoms with E-state index in [4.69, 9.17) is 4.74 Å². The van der Waals surface area contributed by atoms with Crippen molar-refractivity contribution in [2.45, 2.75) is 6.61 Å². The molecular weight excluding hydrogens is 448 g/mol. The fourth-order valence-electron chi connectivity index (χ4n) is 3.42. The molecular formula is C24H19F2N3O5. The first-order valence-electron chi connectivity index (χ1n) is 10.0. The molecule has 4 aromatic rings. The van der Waals surface area contributed by atoms with Crippen molar-refractivity contribution in [2.75, 3.05) is 11.9 Å². The van der Waals surface area contributed by atoms with Gasteiger partial charge in [0.15, 0.2) is 0 Å². The lowest BCUT2D eigenvalue weighted by molar-refractivity contribution is -0.0498. The van der Waals surface area contributed by atoms with E-state index in [1.165, 1.54) is 35.4 Å². The molecule has 2 heterocycles. The fraction of sp³-hybridized carbons (Fsp3) is 0.125. The number of benzene rings is 2. The molecule has 0 saturated heterocycles. The molecule has 0 saturated carbocycles. The van der Waals surface area contributed by atoms with E-state index >= 15 is 0 Å². The number of fused-ring (bicyclic) bond motifs is 1. The summed E-state index contributed by atoms with van der Waals surface area (Å²) in [4.78, 5) is 29.6. The summed E-state index contributed by atoms with van der Waals surface area (Å²) < 4.78 is 36.2. The van der Waals surface area contributed by atoms with E-state index in [0.29, 0.717) is 22.5 Å². The number of hydrogen-bond donors (Lipinski definition) is 1. The molecule has 0 radical (unpaired) electrons. The number of rotatable bonds is 7. The minimum atomic E-state index is -2.94. The Kier molecular flexibility index (Phi) is 6.13. The van der Waals surface area contributed by atoms with Gasteiger partial charge in [-0.3, -0.25) is 4.79 Å². The molecule has 174 valence electrons. The van der Waals surface area contributed by atoms with Gasteiger partial charge in [-0.15, -0.1) is 0 Å². The van der Waals surface area contributed by atoms with Crippen LogP contribution < -0.4 is 14.4 Å². The van der Waals surface area contributed by atoms with Gasteiger partial charge < -0.3 is 24.0 Å². The Morgan fingerprint density at radius 2 is 1.74 bits per heavy atom. The summed E-state index contributed by atoms with van der Waals surface area (Å²) in [6.45, 7) is -2.94. The van der Waals surface area contributed by atoms with Crippen LogP contribution in [-0.2, 0) is 7.05 Å². The van der Waals surface area contributed by atoms with Crippen molar-refractivity contribution in [3.05, 3.63) is 78.1 Å². The molecule has 0 aliphatic rings. The number of alkyl halides is 2. The Balaban J connectivity index is 1.47. The molecule has 0 fully saturated rings. The van der Waals surface area contributed by atoms with Gasteiger partial charge in [-0.1, -0.05) is 0 Å². The van der Waals surface area contributed by atoms with E-state index < -0.39 is 12.6 Å². The normalized spacial score (nSPS) is 11.0. The third-order valence-corrected chi connectivity index (χ3v) is 5.20. The summed E-state index contributed by atoms with van der Waals surface area (Å²) in [5, 5.41) is 10.0. The number of carbonyl (C=O) groups is 2. The van der Waals surface area contributed by atoms with Crippen molar-refractivity contribution < 1.29 is 33.0 Å². The Hall–Kier alpha value is -4.47. The van der Waals surface area contributed by atoms with Crippen LogP contribution in [0, 0.1) is 0 Å². The zero-order valence-electron chi connectivity index (χ0n) is 18.1. The molecule has 0 aliphatic heterocycles. The summed E-state index contributed by atoms with van der Waals surface area (Å²) >= 11 is 0. The first kappa shape index (κ1) is 22.7. The van der Waals surface area contributed by atoms with Gasteiger partial charge in [0.05, 0.1) is 17.4 Å². The third-order valence-electron chi connectivity index (χ3n) is 5.20. The molecule has 34 heavy (non-hydrogen) atoms. The molecule has 0 aliphatic carbocycles. The van der Waals surface area contributed by atoms with Crippen LogP contribution in [-0.4, -0.2) is 40.2 Å². The van der Waals surface area contributed by atoms with E-state index in [9.17, 15) is 23.5 Å². The second-order valence-electron chi connectivity index (χ2n) is 7.34. The number of hydrogen-bond acceptors (Lipinski definition) is 5. The highest BCUT2D eigenvalue weighted by molar-refractivity contribution is 6.05. The molecule has 0 atom stereocenters. The predicted octanol–water partition coefficient (Wildman–Crippen LogP) is 4.94. The van der Waals surface area contributed by atoms with Crippen LogP contribution in [0.3, 0.4) is 0 Å². The van der Waals surface area contributed by atoms with Crippen LogP contribution in [0.2, 0.25) is 0 Å². The van der Waals surface area contributed by atoms with E-state index in [-0.39, 0.29) is 23.2 Å². The largest absolute Gasteiger partial charge is 0.477 e. The van der Waals surface area contributed by atoms with Crippen molar-refractivity contribution in [1.82, 2.24) is 9.55 Å². The number of ether oxygens (including phenoxy) is 2. The maximum atomic E-state index is 12.7. The highest BCUT2D eigenvalue weighted by atomic mass is 19.3. The van der Waals surface area contributed by atoms with Crippen molar-refractivity contribution in [3.8, 4) is 17.4 Å². The number of aryl methyl sites for hydroxylation is 1. The van der Waals surface area contributed by atoms with Crippen LogP contribution in [0.25, 0.3) is 10.9 Å². The first-order chi connectivity index (χ1) is 16.2. The quantitative estimate of drug-likeness (QED) is 0.414. The molecule has 0 bridgehead atoms. The van der Waals surface area contributed by atoms with Gasteiger partial charge in [-0.05, 0) is 48.5 Å². The number of carboxylic acid groups (broad SMARTS) is 1. The summed E-state index contributed by atoms with van der Waals surface area (Å²) in [5.41, 5.74) is 1.65. The third kappa shape index (κ3) is 4.65. The van der Waals surface area contributed by atoms with Gasteiger partial charge in [0.1, 0.15) is 17.2 Å². The predicted molar refractivity (Wildman–Crippen MR) is 120 cm³/mol. The molecule has 10 heteroatoms. The average molecular weight is 467 g/mol. The van der Waals surface area contributed by atoms with Crippen molar-refractivity contribution in [3.63, 3.8) is 0 Å². The molecule has 1 amide bonds. The number of amides is 1. The summed E-state index contributed by atoms with van der Waals surface area (Å²) in [7, 11) is 3.22. The van der Waals surface area contributed by atoms with E-state index in [2.05, 4.69) is 9.72 Å². The SMILES string of the molecule is CN(C(=O)c1ccc(OC(F)F)cc1)c1ccc(Oc2ccc3cc(C(=O)O)n(C)c3c2)nc1. The smallest absolute Gasteiger partial charge is 0.387 e. The molecule has 8 nitrogen and oxygen atoms in total. The number of halogens is 2. The maximum absolute atomic E-state index is 12.7. The maximum Gasteiger partial charge on any atom is 0.387 e. The Bertz CT molecular complexity index is 1350. The Labute approximate surface area is 192 Å². The first-order valence-corrected chi connectivity index (χ1v) is 10.0. The van der Waals surface area contributed by atoms with Crippen molar-refractivity contribution >= 4 is 28.5 Å². The number of aromatic carboxylic acids is 1. The van der Waals surface area contributed by atoms with Gasteiger partial charge in [-0.25, -0.2) is 9.78 Å². The minimum absolute atomic E-state index is 0.0370. The number of pyridine rings is 1. The molecule has 0 unspecified atom stereocenters. The minimum Gasteiger partial charge on any atom is -0.477 e. The molecule has 2 aromatic heterocycles. The Morgan fingerprint density at radius 3 is 2.35 bits per heavy atom. The zero-order chi connectivity index (χ0) is 24.4. The number of carboxylic acids is 1. The number of nitrogens with zero attached hydrogens (tertiary/aromatic N) is 3. The highest BCUT2D eigenvalue weighted by Gasteiger charge is 2.16. The fourth-order valence-corrected chi connectivity index (χ4v) is 3.42. The Morgan fingerprint density at radius 1 is 1.03 bits per heavy atom.